The minimum absolute atomic E-state index is 0.0340. The summed E-state index contributed by atoms with van der Waals surface area (Å²) in [7, 11) is 0. The second-order valence-electron chi connectivity index (χ2n) is 8.87. The average molecular weight is 540 g/mol. The lowest BCUT2D eigenvalue weighted by atomic mass is 9.49. The van der Waals surface area contributed by atoms with Crippen molar-refractivity contribution in [3.63, 3.8) is 0 Å². The van der Waals surface area contributed by atoms with Crippen LogP contribution in [0.3, 0.4) is 0 Å². The van der Waals surface area contributed by atoms with E-state index in [2.05, 4.69) is 5.43 Å². The third kappa shape index (κ3) is 3.50. The first kappa shape index (κ1) is 19.8. The number of thioether (sulfide) groups is 1. The van der Waals surface area contributed by atoms with E-state index in [4.69, 9.17) is 12.2 Å². The topological polar surface area (TPSA) is 69.6 Å². The molecule has 1 aromatic carbocycles. The van der Waals surface area contributed by atoms with Crippen molar-refractivity contribution in [3.8, 4) is 5.75 Å². The summed E-state index contributed by atoms with van der Waals surface area (Å²) >= 11 is 8.63. The zero-order valence-electron chi connectivity index (χ0n) is 15.7. The Morgan fingerprint density at radius 2 is 1.86 bits per heavy atom. The van der Waals surface area contributed by atoms with E-state index >= 15 is 0 Å². The molecule has 0 atom stereocenters. The number of nitrogens with zero attached hydrogens (tertiary/aromatic N) is 1. The van der Waals surface area contributed by atoms with Crippen LogP contribution in [0, 0.1) is 26.7 Å². The number of aromatic hydroxyl groups is 1. The van der Waals surface area contributed by atoms with Crippen LogP contribution < -0.4 is 5.43 Å². The van der Waals surface area contributed by atoms with E-state index < -0.39 is 0 Å². The Labute approximate surface area is 192 Å². The zero-order chi connectivity index (χ0) is 20.3. The maximum atomic E-state index is 13.3. The van der Waals surface area contributed by atoms with Crippen molar-refractivity contribution in [2.45, 2.75) is 38.5 Å². The van der Waals surface area contributed by atoms with Crippen molar-refractivity contribution in [1.82, 2.24) is 10.4 Å². The molecule has 4 bridgehead atoms. The average Bonchev–Trinajstić information content (AvgIpc) is 2.91. The van der Waals surface area contributed by atoms with E-state index in [9.17, 15) is 14.7 Å². The molecule has 2 N–H and O–H groups in total. The van der Waals surface area contributed by atoms with Crippen LogP contribution in [-0.4, -0.2) is 26.3 Å². The van der Waals surface area contributed by atoms with Crippen LogP contribution in [-0.2, 0) is 9.59 Å². The number of hydrazine groups is 1. The Kier molecular flexibility index (Phi) is 4.94. The highest BCUT2D eigenvalue weighted by Gasteiger charge is 2.55. The van der Waals surface area contributed by atoms with Crippen molar-refractivity contribution in [2.24, 2.45) is 23.2 Å². The van der Waals surface area contributed by atoms with E-state index in [-0.39, 0.29) is 23.0 Å². The highest BCUT2D eigenvalue weighted by molar-refractivity contribution is 14.1. The number of phenolic OH excluding ortho intramolecular Hbond substituents is 1. The highest BCUT2D eigenvalue weighted by atomic mass is 127. The minimum atomic E-state index is -0.325. The predicted molar refractivity (Wildman–Crippen MR) is 125 cm³/mol. The number of nitrogens with one attached hydrogen (secondary N) is 1. The monoisotopic (exact) mass is 540 g/mol. The third-order valence-corrected chi connectivity index (χ3v) is 8.96. The normalized spacial score (nSPS) is 34.3. The number of benzene rings is 1. The summed E-state index contributed by atoms with van der Waals surface area (Å²) < 4.78 is 1.06. The highest BCUT2D eigenvalue weighted by Crippen LogP contribution is 2.60. The lowest BCUT2D eigenvalue weighted by Gasteiger charge is -2.55. The number of carbonyl (C=O) groups excluding carboxylic acids is 2. The second-order valence-corrected chi connectivity index (χ2v) is 11.7. The molecule has 1 saturated heterocycles. The van der Waals surface area contributed by atoms with Crippen LogP contribution in [0.15, 0.2) is 23.1 Å². The van der Waals surface area contributed by atoms with Gasteiger partial charge in [-0.2, -0.15) is 5.01 Å². The van der Waals surface area contributed by atoms with Gasteiger partial charge in [-0.15, -0.1) is 0 Å². The molecule has 4 aliphatic carbocycles. The molecule has 1 aliphatic heterocycles. The summed E-state index contributed by atoms with van der Waals surface area (Å²) in [5.74, 6) is 1.87. The Bertz CT molecular complexity index is 926. The van der Waals surface area contributed by atoms with Crippen LogP contribution in [0.25, 0.3) is 6.08 Å². The van der Waals surface area contributed by atoms with Gasteiger partial charge in [0.25, 0.3) is 5.91 Å². The predicted octanol–water partition coefficient (Wildman–Crippen LogP) is 4.45. The number of hydrogen-bond donors (Lipinski definition) is 2. The third-order valence-electron chi connectivity index (χ3n) is 6.80. The summed E-state index contributed by atoms with van der Waals surface area (Å²) in [4.78, 5) is 26.7. The summed E-state index contributed by atoms with van der Waals surface area (Å²) in [6, 6.07) is 5.15. The molecule has 8 heteroatoms. The summed E-state index contributed by atoms with van der Waals surface area (Å²) in [6.07, 6.45) is 8.38. The summed E-state index contributed by atoms with van der Waals surface area (Å²) in [5.41, 5.74) is 3.35. The Morgan fingerprint density at radius 1 is 1.24 bits per heavy atom. The van der Waals surface area contributed by atoms with Gasteiger partial charge in [-0.3, -0.25) is 15.0 Å². The molecular weight excluding hydrogens is 519 g/mol. The molecule has 0 unspecified atom stereocenters. The zero-order valence-corrected chi connectivity index (χ0v) is 19.5. The standard InChI is InChI=1S/C21H21IN2O3S2/c22-15-6-11(1-2-16(15)25)7-17-18(26)24(20(28)29-17)23-19(27)21-8-12-3-13(9-21)5-14(4-12)10-21/h1-2,6-7,12-14,25H,3-5,8-10H2,(H,23,27)/b17-7-. The van der Waals surface area contributed by atoms with Crippen LogP contribution in [0.2, 0.25) is 0 Å². The molecule has 1 aromatic rings. The van der Waals surface area contributed by atoms with Gasteiger partial charge in [0.05, 0.1) is 13.9 Å². The molecule has 0 spiro atoms. The van der Waals surface area contributed by atoms with Crippen molar-refractivity contribution in [2.75, 3.05) is 0 Å². The number of phenols is 1. The Hall–Kier alpha value is -1.13. The van der Waals surface area contributed by atoms with Gasteiger partial charge in [0.1, 0.15) is 5.75 Å². The van der Waals surface area contributed by atoms with Gasteiger partial charge in [-0.05, 0) is 115 Å². The molecule has 6 rings (SSSR count). The smallest absolute Gasteiger partial charge is 0.285 e. The van der Waals surface area contributed by atoms with Crippen molar-refractivity contribution in [3.05, 3.63) is 32.2 Å². The number of halogens is 1. The summed E-state index contributed by atoms with van der Waals surface area (Å²) in [6.45, 7) is 0. The van der Waals surface area contributed by atoms with E-state index in [1.807, 2.05) is 22.6 Å². The fraction of sp³-hybridized carbons (Fsp3) is 0.476. The van der Waals surface area contributed by atoms with Gasteiger partial charge in [0.15, 0.2) is 4.32 Å². The van der Waals surface area contributed by atoms with Crippen LogP contribution in [0.1, 0.15) is 44.1 Å². The van der Waals surface area contributed by atoms with Gasteiger partial charge >= 0.3 is 0 Å². The van der Waals surface area contributed by atoms with Gasteiger partial charge < -0.3 is 5.11 Å². The number of amides is 2. The van der Waals surface area contributed by atoms with E-state index in [1.54, 1.807) is 24.3 Å². The van der Waals surface area contributed by atoms with Crippen molar-refractivity contribution >= 4 is 68.8 Å². The van der Waals surface area contributed by atoms with Gasteiger partial charge in [0.2, 0.25) is 5.91 Å². The largest absolute Gasteiger partial charge is 0.507 e. The first-order valence-electron chi connectivity index (χ1n) is 9.90. The molecule has 2 amide bonds. The van der Waals surface area contributed by atoms with Crippen LogP contribution >= 0.6 is 46.6 Å². The van der Waals surface area contributed by atoms with Gasteiger partial charge in [-0.25, -0.2) is 0 Å². The molecule has 5 fully saturated rings. The number of hydrogen-bond acceptors (Lipinski definition) is 5. The molecule has 5 nitrogen and oxygen atoms in total. The minimum Gasteiger partial charge on any atom is -0.507 e. The fourth-order valence-electron chi connectivity index (χ4n) is 5.94. The molecule has 29 heavy (non-hydrogen) atoms. The molecule has 4 saturated carbocycles. The van der Waals surface area contributed by atoms with Gasteiger partial charge in [0, 0.05) is 0 Å². The number of thiocarbonyl (C=S) groups is 1. The molecule has 0 aromatic heterocycles. The first-order valence-corrected chi connectivity index (χ1v) is 12.2. The van der Waals surface area contributed by atoms with Crippen molar-refractivity contribution in [1.29, 1.82) is 0 Å². The maximum absolute atomic E-state index is 13.3. The lowest BCUT2D eigenvalue weighted by Crippen LogP contribution is -2.57. The molecule has 1 heterocycles. The van der Waals surface area contributed by atoms with E-state index in [0.717, 1.165) is 24.8 Å². The van der Waals surface area contributed by atoms with E-state index in [0.29, 0.717) is 30.5 Å². The number of carbonyl (C=O) groups is 2. The summed E-state index contributed by atoms with van der Waals surface area (Å²) in [5, 5.41) is 10.9. The Balaban J connectivity index is 1.33. The fourth-order valence-corrected chi connectivity index (χ4v) is 7.66. The van der Waals surface area contributed by atoms with Crippen LogP contribution in [0.4, 0.5) is 0 Å². The molecule has 152 valence electrons. The second kappa shape index (κ2) is 7.23. The lowest BCUT2D eigenvalue weighted by molar-refractivity contribution is -0.152. The van der Waals surface area contributed by atoms with E-state index in [1.165, 1.54) is 36.0 Å². The molecular formula is C21H21IN2O3S2. The van der Waals surface area contributed by atoms with Gasteiger partial charge in [-0.1, -0.05) is 17.8 Å². The SMILES string of the molecule is O=C1/C(=C/c2ccc(O)c(I)c2)SC(=S)N1NC(=O)C12CC3CC(CC(C3)C1)C2. The Morgan fingerprint density at radius 3 is 2.45 bits per heavy atom. The first-order chi connectivity index (χ1) is 13.8. The maximum Gasteiger partial charge on any atom is 0.285 e. The molecule has 0 radical (unpaired) electrons. The molecule has 5 aliphatic rings. The number of rotatable bonds is 3. The van der Waals surface area contributed by atoms with Crippen molar-refractivity contribution < 1.29 is 14.7 Å². The van der Waals surface area contributed by atoms with Crippen LogP contribution in [0.5, 0.6) is 5.75 Å². The quantitative estimate of drug-likeness (QED) is 0.337.